The molecule has 0 aliphatic carbocycles. The zero-order chi connectivity index (χ0) is 13.1. The third-order valence-corrected chi connectivity index (χ3v) is 3.55. The van der Waals surface area contributed by atoms with Gasteiger partial charge in [0.1, 0.15) is 11.4 Å². The predicted octanol–water partition coefficient (Wildman–Crippen LogP) is 3.42. The van der Waals surface area contributed by atoms with Gasteiger partial charge in [-0.15, -0.1) is 11.3 Å². The number of carboxylic acids is 1. The maximum atomic E-state index is 11.0. The molecule has 0 radical (unpaired) electrons. The maximum Gasteiger partial charge on any atom is 0.339 e. The minimum Gasteiger partial charge on any atom is -0.478 e. The van der Waals surface area contributed by atoms with Crippen LogP contribution in [0.2, 0.25) is 4.34 Å². The Kier molecular flexibility index (Phi) is 3.84. The van der Waals surface area contributed by atoms with Gasteiger partial charge in [-0.3, -0.25) is 0 Å². The van der Waals surface area contributed by atoms with Crippen LogP contribution in [0.4, 0.5) is 5.82 Å². The average molecular weight is 283 g/mol. The maximum absolute atomic E-state index is 11.0. The van der Waals surface area contributed by atoms with Crippen molar-refractivity contribution in [3.63, 3.8) is 0 Å². The molecule has 0 bridgehead atoms. The number of aromatic nitrogens is 1. The van der Waals surface area contributed by atoms with E-state index in [-0.39, 0.29) is 5.56 Å². The van der Waals surface area contributed by atoms with Crippen LogP contribution in [0.1, 0.15) is 20.9 Å². The van der Waals surface area contributed by atoms with E-state index in [0.717, 1.165) is 10.6 Å². The summed E-state index contributed by atoms with van der Waals surface area (Å²) in [4.78, 5) is 16.3. The summed E-state index contributed by atoms with van der Waals surface area (Å²) in [5.41, 5.74) is 0.940. The van der Waals surface area contributed by atoms with Crippen molar-refractivity contribution in [1.29, 1.82) is 0 Å². The minimum atomic E-state index is -0.991. The van der Waals surface area contributed by atoms with Crippen molar-refractivity contribution in [2.75, 3.05) is 5.32 Å². The van der Waals surface area contributed by atoms with Crippen molar-refractivity contribution in [2.45, 2.75) is 13.5 Å². The molecule has 2 heterocycles. The van der Waals surface area contributed by atoms with Crippen LogP contribution in [0.5, 0.6) is 0 Å². The first kappa shape index (κ1) is 12.9. The van der Waals surface area contributed by atoms with Gasteiger partial charge in [-0.05, 0) is 31.2 Å². The lowest BCUT2D eigenvalue weighted by molar-refractivity contribution is 0.0697. The highest BCUT2D eigenvalue weighted by Crippen LogP contribution is 2.22. The fraction of sp³-hybridized carbons (Fsp3) is 0.167. The molecule has 0 spiro atoms. The van der Waals surface area contributed by atoms with Crippen LogP contribution in [-0.2, 0) is 6.54 Å². The molecule has 94 valence electrons. The molecular weight excluding hydrogens is 272 g/mol. The number of nitrogens with one attached hydrogen (secondary N) is 1. The van der Waals surface area contributed by atoms with Gasteiger partial charge in [0.15, 0.2) is 0 Å². The van der Waals surface area contributed by atoms with Crippen molar-refractivity contribution in [1.82, 2.24) is 4.98 Å². The second-order valence-corrected chi connectivity index (χ2v) is 5.51. The first-order chi connectivity index (χ1) is 8.56. The van der Waals surface area contributed by atoms with E-state index in [1.807, 2.05) is 19.1 Å². The Morgan fingerprint density at radius 2 is 2.22 bits per heavy atom. The largest absolute Gasteiger partial charge is 0.478 e. The second kappa shape index (κ2) is 5.37. The number of anilines is 1. The number of carbonyl (C=O) groups is 1. The molecule has 0 aliphatic heterocycles. The number of hydrogen-bond donors (Lipinski definition) is 2. The van der Waals surface area contributed by atoms with Gasteiger partial charge >= 0.3 is 5.97 Å². The molecule has 18 heavy (non-hydrogen) atoms. The Labute approximate surface area is 113 Å². The Morgan fingerprint density at radius 1 is 1.44 bits per heavy atom. The van der Waals surface area contributed by atoms with Gasteiger partial charge in [-0.2, -0.15) is 0 Å². The van der Waals surface area contributed by atoms with Crippen LogP contribution in [-0.4, -0.2) is 16.1 Å². The van der Waals surface area contributed by atoms with Crippen molar-refractivity contribution in [2.24, 2.45) is 0 Å². The number of nitrogens with zero attached hydrogens (tertiary/aromatic N) is 1. The van der Waals surface area contributed by atoms with E-state index in [4.69, 9.17) is 16.7 Å². The summed E-state index contributed by atoms with van der Waals surface area (Å²) in [6, 6.07) is 6.94. The summed E-state index contributed by atoms with van der Waals surface area (Å²) in [6.45, 7) is 2.33. The third-order valence-electron chi connectivity index (χ3n) is 2.32. The molecule has 2 aromatic heterocycles. The number of hydrogen-bond acceptors (Lipinski definition) is 4. The van der Waals surface area contributed by atoms with E-state index in [9.17, 15) is 4.79 Å². The van der Waals surface area contributed by atoms with Gasteiger partial charge in [0.05, 0.1) is 10.9 Å². The van der Waals surface area contributed by atoms with E-state index in [2.05, 4.69) is 10.3 Å². The molecule has 0 aliphatic rings. The number of pyridine rings is 1. The lowest BCUT2D eigenvalue weighted by Gasteiger charge is -2.08. The lowest BCUT2D eigenvalue weighted by Crippen LogP contribution is -2.08. The number of carboxylic acid groups (broad SMARTS) is 1. The molecule has 0 fully saturated rings. The zero-order valence-corrected chi connectivity index (χ0v) is 11.2. The van der Waals surface area contributed by atoms with Gasteiger partial charge in [0.25, 0.3) is 0 Å². The summed E-state index contributed by atoms with van der Waals surface area (Å²) in [5.74, 6) is -0.610. The molecule has 4 nitrogen and oxygen atoms in total. The van der Waals surface area contributed by atoms with Crippen molar-refractivity contribution in [3.8, 4) is 0 Å². The van der Waals surface area contributed by atoms with Crippen molar-refractivity contribution in [3.05, 3.63) is 44.7 Å². The Bertz CT molecular complexity index is 583. The normalized spacial score (nSPS) is 10.3. The van der Waals surface area contributed by atoms with E-state index in [1.165, 1.54) is 11.3 Å². The molecule has 2 N–H and O–H groups in total. The lowest BCUT2D eigenvalue weighted by atomic mass is 10.2. The van der Waals surface area contributed by atoms with E-state index in [0.29, 0.717) is 16.7 Å². The molecule has 0 saturated carbocycles. The summed E-state index contributed by atoms with van der Waals surface area (Å²) in [5, 5.41) is 12.1. The standard InChI is InChI=1S/C12H11ClN2O2S/c1-7-2-4-9(12(16)17)11(15-7)14-6-8-3-5-10(13)18-8/h2-5H,6H2,1H3,(H,14,15)(H,16,17). The highest BCUT2D eigenvalue weighted by Gasteiger charge is 2.11. The summed E-state index contributed by atoms with van der Waals surface area (Å²) in [6.07, 6.45) is 0. The second-order valence-electron chi connectivity index (χ2n) is 3.71. The predicted molar refractivity (Wildman–Crippen MR) is 72.6 cm³/mol. The monoisotopic (exact) mass is 282 g/mol. The minimum absolute atomic E-state index is 0.170. The Balaban J connectivity index is 2.17. The van der Waals surface area contributed by atoms with Crippen LogP contribution in [0, 0.1) is 6.92 Å². The molecule has 6 heteroatoms. The molecule has 0 aromatic carbocycles. The molecule has 0 saturated heterocycles. The zero-order valence-electron chi connectivity index (χ0n) is 9.61. The summed E-state index contributed by atoms with van der Waals surface area (Å²) in [7, 11) is 0. The van der Waals surface area contributed by atoms with Crippen LogP contribution in [0.3, 0.4) is 0 Å². The van der Waals surface area contributed by atoms with E-state index in [1.54, 1.807) is 12.1 Å². The topological polar surface area (TPSA) is 62.2 Å². The van der Waals surface area contributed by atoms with Crippen molar-refractivity contribution < 1.29 is 9.90 Å². The number of aryl methyl sites for hydroxylation is 1. The smallest absolute Gasteiger partial charge is 0.339 e. The molecule has 0 amide bonds. The molecule has 0 atom stereocenters. The fourth-order valence-corrected chi connectivity index (χ4v) is 2.51. The first-order valence-corrected chi connectivity index (χ1v) is 6.45. The van der Waals surface area contributed by atoms with E-state index < -0.39 is 5.97 Å². The fourth-order valence-electron chi connectivity index (χ4n) is 1.48. The van der Waals surface area contributed by atoms with Gasteiger partial charge in [0.2, 0.25) is 0 Å². The Morgan fingerprint density at radius 3 is 2.83 bits per heavy atom. The molecule has 2 rings (SSSR count). The number of aromatic carboxylic acids is 1. The quantitative estimate of drug-likeness (QED) is 0.902. The van der Waals surface area contributed by atoms with Crippen LogP contribution < -0.4 is 5.32 Å². The SMILES string of the molecule is Cc1ccc(C(=O)O)c(NCc2ccc(Cl)s2)n1. The average Bonchev–Trinajstić information content (AvgIpc) is 2.72. The molecule has 0 unspecified atom stereocenters. The Hall–Kier alpha value is -1.59. The van der Waals surface area contributed by atoms with Gasteiger partial charge in [0, 0.05) is 10.6 Å². The molecule has 2 aromatic rings. The summed E-state index contributed by atoms with van der Waals surface area (Å²) < 4.78 is 0.711. The van der Waals surface area contributed by atoms with Gasteiger partial charge in [-0.25, -0.2) is 9.78 Å². The highest BCUT2D eigenvalue weighted by molar-refractivity contribution is 7.16. The first-order valence-electron chi connectivity index (χ1n) is 5.25. The van der Waals surface area contributed by atoms with Crippen LogP contribution >= 0.6 is 22.9 Å². The third kappa shape index (κ3) is 3.00. The van der Waals surface area contributed by atoms with Crippen molar-refractivity contribution >= 4 is 34.7 Å². The number of halogens is 1. The van der Waals surface area contributed by atoms with E-state index >= 15 is 0 Å². The highest BCUT2D eigenvalue weighted by atomic mass is 35.5. The van der Waals surface area contributed by atoms with Crippen LogP contribution in [0.15, 0.2) is 24.3 Å². The number of thiophene rings is 1. The van der Waals surface area contributed by atoms with Gasteiger partial charge < -0.3 is 10.4 Å². The molecular formula is C12H11ClN2O2S. The van der Waals surface area contributed by atoms with Gasteiger partial charge in [-0.1, -0.05) is 11.6 Å². The number of rotatable bonds is 4. The summed E-state index contributed by atoms with van der Waals surface area (Å²) >= 11 is 7.28. The van der Waals surface area contributed by atoms with Crippen LogP contribution in [0.25, 0.3) is 0 Å².